The summed E-state index contributed by atoms with van der Waals surface area (Å²) in [7, 11) is 2.18. The number of halogens is 1. The summed E-state index contributed by atoms with van der Waals surface area (Å²) in [6.07, 6.45) is 5.48. The van der Waals surface area contributed by atoms with Gasteiger partial charge in [0.15, 0.2) is 6.10 Å². The van der Waals surface area contributed by atoms with Crippen molar-refractivity contribution in [2.45, 2.75) is 63.3 Å². The molecule has 2 heterocycles. The van der Waals surface area contributed by atoms with E-state index in [1.807, 2.05) is 6.92 Å². The molecule has 31 heavy (non-hydrogen) atoms. The van der Waals surface area contributed by atoms with Crippen LogP contribution in [0.15, 0.2) is 36.4 Å². The first-order valence-electron chi connectivity index (χ1n) is 10.2. The number of benzene rings is 1. The van der Waals surface area contributed by atoms with Gasteiger partial charge in [0.1, 0.15) is 11.9 Å². The van der Waals surface area contributed by atoms with Crippen molar-refractivity contribution in [2.75, 3.05) is 7.05 Å². The Balaban J connectivity index is 0.000000366. The fraction of sp³-hybridized carbons (Fsp3) is 0.500. The summed E-state index contributed by atoms with van der Waals surface area (Å²) in [6.45, 7) is 1.93. The Hall–Kier alpha value is -2.58. The number of nitrogens with zero attached hydrogens (tertiary/aromatic N) is 1. The number of hydrogen-bond acceptors (Lipinski definition) is 6. The molecule has 0 radical (unpaired) electrons. The van der Waals surface area contributed by atoms with Crippen molar-refractivity contribution in [1.29, 1.82) is 0 Å². The van der Waals surface area contributed by atoms with Crippen molar-refractivity contribution < 1.29 is 34.1 Å². The average Bonchev–Trinajstić information content (AvgIpc) is 2.92. The maximum atomic E-state index is 12.4. The minimum Gasteiger partial charge on any atom is -0.479 e. The Morgan fingerprint density at radius 3 is 2.06 bits per heavy atom. The number of hydrogen-bond donors (Lipinski definition) is 2. The van der Waals surface area contributed by atoms with Crippen molar-refractivity contribution in [2.24, 2.45) is 0 Å². The molecule has 170 valence electrons. The quantitative estimate of drug-likeness (QED) is 0.477. The maximum Gasteiger partial charge on any atom is 0.347 e. The Bertz CT molecular complexity index is 766. The molecular weight excluding hydrogens is 426 g/mol. The van der Waals surface area contributed by atoms with E-state index in [0.29, 0.717) is 41.4 Å². The zero-order valence-corrected chi connectivity index (χ0v) is 18.3. The fourth-order valence-electron chi connectivity index (χ4n) is 3.82. The standard InChI is InChI=1S/C18H24ClNO3.C4H4O4/c1-3-17(22-15-8-4-12(19)5-9-15)18(21)23-16-10-13-6-7-14(11-16)20(13)2;5-3(6)1-2-4(7)8/h4-5,8-9,13-14,16-17H,3,6-7,10-11H2,1-2H3;1-2H,(H,5,6)(H,7,8)/b;2-1+/t13-,14+,16?,17?;. The van der Waals surface area contributed by atoms with Crippen LogP contribution >= 0.6 is 11.6 Å². The number of carbonyl (C=O) groups excluding carboxylic acids is 1. The van der Waals surface area contributed by atoms with Gasteiger partial charge in [-0.1, -0.05) is 18.5 Å². The molecule has 1 aromatic carbocycles. The lowest BCUT2D eigenvalue weighted by molar-refractivity contribution is -0.161. The Labute approximate surface area is 186 Å². The fourth-order valence-corrected chi connectivity index (χ4v) is 3.94. The van der Waals surface area contributed by atoms with E-state index in [9.17, 15) is 14.4 Å². The van der Waals surface area contributed by atoms with Gasteiger partial charge in [-0.3, -0.25) is 0 Å². The Morgan fingerprint density at radius 2 is 1.61 bits per heavy atom. The van der Waals surface area contributed by atoms with Crippen LogP contribution in [0.25, 0.3) is 0 Å². The number of carboxylic acids is 2. The number of carboxylic acid groups (broad SMARTS) is 2. The van der Waals surface area contributed by atoms with Gasteiger partial charge in [0.05, 0.1) is 0 Å². The highest BCUT2D eigenvalue weighted by Crippen LogP contribution is 2.35. The second-order valence-corrected chi connectivity index (χ2v) is 8.00. The van der Waals surface area contributed by atoms with Gasteiger partial charge in [0.25, 0.3) is 0 Å². The first kappa shape index (κ1) is 24.7. The topological polar surface area (TPSA) is 113 Å². The number of esters is 1. The molecular formula is C22H28ClNO7. The van der Waals surface area contributed by atoms with Crippen LogP contribution in [-0.2, 0) is 19.1 Å². The van der Waals surface area contributed by atoms with Crippen LogP contribution in [0, 0.1) is 0 Å². The van der Waals surface area contributed by atoms with Gasteiger partial charge in [0, 0.05) is 29.3 Å². The summed E-state index contributed by atoms with van der Waals surface area (Å²) in [4.78, 5) is 34.0. The average molecular weight is 454 g/mol. The van der Waals surface area contributed by atoms with E-state index >= 15 is 0 Å². The van der Waals surface area contributed by atoms with Gasteiger partial charge in [-0.2, -0.15) is 0 Å². The van der Waals surface area contributed by atoms with Crippen LogP contribution in [0.3, 0.4) is 0 Å². The minimum absolute atomic E-state index is 0.0269. The molecule has 2 bridgehead atoms. The number of ether oxygens (including phenoxy) is 2. The Morgan fingerprint density at radius 1 is 1.10 bits per heavy atom. The molecule has 8 nitrogen and oxygen atoms in total. The maximum absolute atomic E-state index is 12.4. The smallest absolute Gasteiger partial charge is 0.347 e. The molecule has 0 spiro atoms. The van der Waals surface area contributed by atoms with Crippen LogP contribution in [0.1, 0.15) is 39.0 Å². The zero-order chi connectivity index (χ0) is 23.0. The number of rotatable bonds is 7. The molecule has 3 rings (SSSR count). The van der Waals surface area contributed by atoms with Crippen molar-refractivity contribution in [3.05, 3.63) is 41.4 Å². The highest BCUT2D eigenvalue weighted by atomic mass is 35.5. The first-order valence-corrected chi connectivity index (χ1v) is 10.6. The van der Waals surface area contributed by atoms with E-state index in [1.54, 1.807) is 24.3 Å². The van der Waals surface area contributed by atoms with Crippen molar-refractivity contribution in [3.63, 3.8) is 0 Å². The molecule has 0 saturated carbocycles. The number of carbonyl (C=O) groups is 3. The van der Waals surface area contributed by atoms with Crippen LogP contribution < -0.4 is 4.74 Å². The molecule has 2 fully saturated rings. The molecule has 2 aliphatic rings. The van der Waals surface area contributed by atoms with Crippen LogP contribution in [0.2, 0.25) is 5.02 Å². The van der Waals surface area contributed by atoms with Crippen molar-refractivity contribution >= 4 is 29.5 Å². The van der Waals surface area contributed by atoms with E-state index < -0.39 is 18.0 Å². The molecule has 2 unspecified atom stereocenters. The normalized spacial score (nSPS) is 23.5. The SMILES string of the molecule is CCC(Oc1ccc(Cl)cc1)C(=O)OC1C[C@H]2CC[C@@H](C1)N2C.O=C(O)/C=C/C(=O)O. The van der Waals surface area contributed by atoms with Crippen LogP contribution in [0.5, 0.6) is 5.75 Å². The van der Waals surface area contributed by atoms with Gasteiger partial charge in [-0.25, -0.2) is 14.4 Å². The second-order valence-electron chi connectivity index (χ2n) is 7.56. The largest absolute Gasteiger partial charge is 0.479 e. The zero-order valence-electron chi connectivity index (χ0n) is 17.6. The third-order valence-corrected chi connectivity index (χ3v) is 5.68. The first-order chi connectivity index (χ1) is 14.7. The highest BCUT2D eigenvalue weighted by molar-refractivity contribution is 6.30. The summed E-state index contributed by atoms with van der Waals surface area (Å²) in [6, 6.07) is 8.17. The van der Waals surface area contributed by atoms with Gasteiger partial charge in [0.2, 0.25) is 0 Å². The molecule has 9 heteroatoms. The number of aliphatic carboxylic acids is 2. The number of fused-ring (bicyclic) bond motifs is 2. The lowest BCUT2D eigenvalue weighted by Crippen LogP contribution is -2.44. The number of piperidine rings is 1. The van der Waals surface area contributed by atoms with Gasteiger partial charge in [-0.05, 0) is 63.4 Å². The molecule has 2 N–H and O–H groups in total. The molecule has 2 saturated heterocycles. The van der Waals surface area contributed by atoms with Crippen molar-refractivity contribution in [1.82, 2.24) is 4.90 Å². The van der Waals surface area contributed by atoms with Crippen LogP contribution in [-0.4, -0.2) is 64.4 Å². The van der Waals surface area contributed by atoms with Gasteiger partial charge < -0.3 is 24.6 Å². The second kappa shape index (κ2) is 11.7. The molecule has 2 aliphatic heterocycles. The molecule has 0 aliphatic carbocycles. The summed E-state index contributed by atoms with van der Waals surface area (Å²) < 4.78 is 11.5. The summed E-state index contributed by atoms with van der Waals surface area (Å²) in [5.41, 5.74) is 0. The highest BCUT2D eigenvalue weighted by Gasteiger charge is 2.40. The van der Waals surface area contributed by atoms with E-state index in [2.05, 4.69) is 11.9 Å². The van der Waals surface area contributed by atoms with Crippen molar-refractivity contribution in [3.8, 4) is 5.75 Å². The summed E-state index contributed by atoms with van der Waals surface area (Å²) >= 11 is 5.87. The van der Waals surface area contributed by atoms with Gasteiger partial charge >= 0.3 is 17.9 Å². The lowest BCUT2D eigenvalue weighted by Gasteiger charge is -2.36. The summed E-state index contributed by atoms with van der Waals surface area (Å²) in [5.74, 6) is -2.13. The van der Waals surface area contributed by atoms with Crippen LogP contribution in [0.4, 0.5) is 0 Å². The predicted octanol–water partition coefficient (Wildman–Crippen LogP) is 3.38. The van der Waals surface area contributed by atoms with E-state index in [1.165, 1.54) is 12.8 Å². The predicted molar refractivity (Wildman–Crippen MR) is 114 cm³/mol. The monoisotopic (exact) mass is 453 g/mol. The van der Waals surface area contributed by atoms with E-state index in [0.717, 1.165) is 12.8 Å². The Kier molecular flexibility index (Phi) is 9.33. The summed E-state index contributed by atoms with van der Waals surface area (Å²) in [5, 5.41) is 16.3. The lowest BCUT2D eigenvalue weighted by atomic mass is 10.0. The molecule has 4 atom stereocenters. The minimum atomic E-state index is -1.26. The van der Waals surface area contributed by atoms with Gasteiger partial charge in [-0.15, -0.1) is 0 Å². The third kappa shape index (κ3) is 7.88. The molecule has 1 aromatic rings. The van der Waals surface area contributed by atoms with E-state index in [-0.39, 0.29) is 12.1 Å². The van der Waals surface area contributed by atoms with E-state index in [4.69, 9.17) is 31.3 Å². The molecule has 0 amide bonds. The molecule has 0 aromatic heterocycles. The third-order valence-electron chi connectivity index (χ3n) is 5.43.